The summed E-state index contributed by atoms with van der Waals surface area (Å²) < 4.78 is 61.2. The second kappa shape index (κ2) is 4.97. The van der Waals surface area contributed by atoms with Crippen LogP contribution in [0.15, 0.2) is 0 Å². The Kier molecular flexibility index (Phi) is 4.69. The van der Waals surface area contributed by atoms with Crippen LogP contribution in [-0.4, -0.2) is 36.0 Å². The van der Waals surface area contributed by atoms with Gasteiger partial charge in [-0.05, 0) is 12.8 Å². The fourth-order valence-corrected chi connectivity index (χ4v) is 1.12. The normalized spacial score (nSPS) is 13.1. The Morgan fingerprint density at radius 3 is 1.88 bits per heavy atom. The highest BCUT2D eigenvalue weighted by atomic mass is 19.4. The van der Waals surface area contributed by atoms with Crippen molar-refractivity contribution < 1.29 is 26.7 Å². The molecule has 0 aliphatic heterocycles. The lowest BCUT2D eigenvalue weighted by Crippen LogP contribution is -2.52. The van der Waals surface area contributed by atoms with Gasteiger partial charge in [0.1, 0.15) is 0 Å². The molecule has 16 heavy (non-hydrogen) atoms. The maximum atomic E-state index is 12.7. The van der Waals surface area contributed by atoms with Crippen molar-refractivity contribution in [1.29, 1.82) is 0 Å². The van der Waals surface area contributed by atoms with Crippen LogP contribution >= 0.6 is 0 Å². The molecule has 0 fully saturated rings. The monoisotopic (exact) mass is 247 g/mol. The van der Waals surface area contributed by atoms with Crippen LogP contribution in [0.1, 0.15) is 20.8 Å². The molecule has 1 amide bonds. The molecule has 0 saturated heterocycles. The molecule has 0 spiro atoms. The van der Waals surface area contributed by atoms with E-state index in [9.17, 15) is 26.7 Å². The smallest absolute Gasteiger partial charge is 0.337 e. The first kappa shape index (κ1) is 15.1. The summed E-state index contributed by atoms with van der Waals surface area (Å²) in [5.41, 5.74) is 0. The molecule has 0 aliphatic rings. The number of halogens is 5. The second-order valence-corrected chi connectivity index (χ2v) is 3.81. The zero-order valence-electron chi connectivity index (χ0n) is 9.24. The highest BCUT2D eigenvalue weighted by Gasteiger charge is 2.64. The molecule has 0 rings (SSSR count). The number of alkyl halides is 5. The summed E-state index contributed by atoms with van der Waals surface area (Å²) in [7, 11) is 0. The summed E-state index contributed by atoms with van der Waals surface area (Å²) in [6, 6.07) is 0. The summed E-state index contributed by atoms with van der Waals surface area (Å²) in [4.78, 5) is 11.5. The Bertz CT molecular complexity index is 249. The number of hydrogen-bond acceptors (Lipinski definition) is 1. The highest BCUT2D eigenvalue weighted by Crippen LogP contribution is 2.36. The minimum absolute atomic E-state index is 0.124. The van der Waals surface area contributed by atoms with Gasteiger partial charge in [-0.15, -0.1) is 0 Å². The van der Waals surface area contributed by atoms with Crippen LogP contribution in [0.5, 0.6) is 0 Å². The minimum Gasteiger partial charge on any atom is -0.337 e. The number of rotatable bonds is 4. The predicted molar refractivity (Wildman–Crippen MR) is 48.1 cm³/mol. The molecular weight excluding hydrogens is 233 g/mol. The Balaban J connectivity index is 4.88. The van der Waals surface area contributed by atoms with E-state index in [4.69, 9.17) is 0 Å². The Morgan fingerprint density at radius 2 is 1.62 bits per heavy atom. The van der Waals surface area contributed by atoms with Gasteiger partial charge in [0.2, 0.25) is 0 Å². The Labute approximate surface area is 90.4 Å². The zero-order valence-corrected chi connectivity index (χ0v) is 9.24. The number of nitrogens with zero attached hydrogens (tertiary/aromatic N) is 1. The average Bonchev–Trinajstić information content (AvgIpc) is 2.10. The van der Waals surface area contributed by atoms with Gasteiger partial charge in [0.15, 0.2) is 0 Å². The van der Waals surface area contributed by atoms with E-state index in [0.717, 1.165) is 0 Å². The molecule has 0 saturated carbocycles. The van der Waals surface area contributed by atoms with E-state index < -0.39 is 18.0 Å². The second-order valence-electron chi connectivity index (χ2n) is 3.81. The van der Waals surface area contributed by atoms with Gasteiger partial charge in [-0.2, -0.15) is 22.0 Å². The van der Waals surface area contributed by atoms with Gasteiger partial charge < -0.3 is 4.90 Å². The lowest BCUT2D eigenvalue weighted by Gasteiger charge is -2.28. The Hall–Kier alpha value is -0.880. The molecule has 0 heterocycles. The van der Waals surface area contributed by atoms with Crippen molar-refractivity contribution in [3.8, 4) is 0 Å². The Morgan fingerprint density at radius 1 is 1.19 bits per heavy atom. The van der Waals surface area contributed by atoms with Gasteiger partial charge in [0.05, 0.1) is 0 Å². The van der Waals surface area contributed by atoms with Crippen LogP contribution in [-0.2, 0) is 4.79 Å². The van der Waals surface area contributed by atoms with Gasteiger partial charge in [0.25, 0.3) is 0 Å². The molecule has 0 aromatic rings. The molecule has 0 aromatic carbocycles. The number of carbonyl (C=O) groups is 1. The van der Waals surface area contributed by atoms with Crippen molar-refractivity contribution >= 4 is 5.91 Å². The molecule has 7 heteroatoms. The summed E-state index contributed by atoms with van der Waals surface area (Å²) in [6.07, 6.45) is -5.84. The van der Waals surface area contributed by atoms with Crippen LogP contribution in [0.4, 0.5) is 22.0 Å². The third kappa shape index (κ3) is 3.31. The summed E-state index contributed by atoms with van der Waals surface area (Å²) in [6.45, 7) is 4.31. The van der Waals surface area contributed by atoms with Crippen LogP contribution < -0.4 is 0 Å². The summed E-state index contributed by atoms with van der Waals surface area (Å²) in [5, 5.41) is 0. The molecule has 0 bridgehead atoms. The van der Waals surface area contributed by atoms with Crippen LogP contribution in [0.25, 0.3) is 0 Å². The van der Waals surface area contributed by atoms with E-state index in [1.54, 1.807) is 13.8 Å². The van der Waals surface area contributed by atoms with Gasteiger partial charge in [-0.1, -0.05) is 13.8 Å². The summed E-state index contributed by atoms with van der Waals surface area (Å²) in [5.74, 6) is -7.66. The topological polar surface area (TPSA) is 20.3 Å². The maximum absolute atomic E-state index is 12.7. The van der Waals surface area contributed by atoms with E-state index in [1.807, 2.05) is 0 Å². The first-order chi connectivity index (χ1) is 7.04. The highest BCUT2D eigenvalue weighted by molar-refractivity contribution is 5.84. The summed E-state index contributed by atoms with van der Waals surface area (Å²) >= 11 is 0. The van der Waals surface area contributed by atoms with Crippen molar-refractivity contribution in [1.82, 2.24) is 4.90 Å². The average molecular weight is 247 g/mol. The van der Waals surface area contributed by atoms with Crippen molar-refractivity contribution in [2.45, 2.75) is 32.9 Å². The molecule has 2 nitrogen and oxygen atoms in total. The van der Waals surface area contributed by atoms with Gasteiger partial charge in [0, 0.05) is 13.1 Å². The maximum Gasteiger partial charge on any atom is 0.463 e. The largest absolute Gasteiger partial charge is 0.463 e. The van der Waals surface area contributed by atoms with Crippen LogP contribution in [0.3, 0.4) is 0 Å². The first-order valence-corrected chi connectivity index (χ1v) is 4.78. The van der Waals surface area contributed by atoms with E-state index in [1.165, 1.54) is 6.92 Å². The van der Waals surface area contributed by atoms with E-state index in [2.05, 4.69) is 0 Å². The van der Waals surface area contributed by atoms with E-state index in [0.29, 0.717) is 4.90 Å². The lowest BCUT2D eigenvalue weighted by atomic mass is 10.2. The molecule has 0 aromatic heterocycles. The predicted octanol–water partition coefficient (Wildman–Crippen LogP) is 2.69. The molecule has 0 aliphatic carbocycles. The van der Waals surface area contributed by atoms with Crippen molar-refractivity contribution in [2.75, 3.05) is 13.1 Å². The van der Waals surface area contributed by atoms with Crippen LogP contribution in [0, 0.1) is 5.92 Å². The molecule has 0 radical (unpaired) electrons. The standard InChI is InChI=1S/C9H14F5NO/c1-4-15(5-6(2)3)7(16)8(10,11)9(12,13)14/h6H,4-5H2,1-3H3. The van der Waals surface area contributed by atoms with Crippen molar-refractivity contribution in [3.63, 3.8) is 0 Å². The third-order valence-corrected chi connectivity index (χ3v) is 1.88. The van der Waals surface area contributed by atoms with Crippen molar-refractivity contribution in [3.05, 3.63) is 0 Å². The molecule has 96 valence electrons. The minimum atomic E-state index is -5.84. The van der Waals surface area contributed by atoms with Gasteiger partial charge in [-0.25, -0.2) is 0 Å². The van der Waals surface area contributed by atoms with Gasteiger partial charge in [-0.3, -0.25) is 4.79 Å². The quantitative estimate of drug-likeness (QED) is 0.699. The molecule has 0 unspecified atom stereocenters. The number of hydrogen-bond donors (Lipinski definition) is 0. The molecule has 0 atom stereocenters. The SMILES string of the molecule is CCN(CC(C)C)C(=O)C(F)(F)C(F)(F)F. The zero-order chi connectivity index (χ0) is 13.1. The van der Waals surface area contributed by atoms with E-state index in [-0.39, 0.29) is 19.0 Å². The third-order valence-electron chi connectivity index (χ3n) is 1.88. The molecule has 0 N–H and O–H groups in total. The van der Waals surface area contributed by atoms with E-state index >= 15 is 0 Å². The molecular formula is C9H14F5NO. The lowest BCUT2D eigenvalue weighted by molar-refractivity contribution is -0.274. The first-order valence-electron chi connectivity index (χ1n) is 4.78. The fourth-order valence-electron chi connectivity index (χ4n) is 1.12. The van der Waals surface area contributed by atoms with Crippen molar-refractivity contribution in [2.24, 2.45) is 5.92 Å². The fraction of sp³-hybridized carbons (Fsp3) is 0.889. The van der Waals surface area contributed by atoms with Crippen LogP contribution in [0.2, 0.25) is 0 Å². The van der Waals surface area contributed by atoms with Gasteiger partial charge >= 0.3 is 18.0 Å². The number of carbonyl (C=O) groups excluding carboxylic acids is 1. The number of amides is 1.